The Bertz CT molecular complexity index is 219. The van der Waals surface area contributed by atoms with Crippen LogP contribution in [0.4, 0.5) is 0 Å². The minimum atomic E-state index is 0.219. The van der Waals surface area contributed by atoms with Crippen molar-refractivity contribution < 1.29 is 4.74 Å². The Balaban J connectivity index is 1.97. The van der Waals surface area contributed by atoms with Gasteiger partial charge in [-0.15, -0.1) is 0 Å². The highest BCUT2D eigenvalue weighted by atomic mass is 16.5. The van der Waals surface area contributed by atoms with Gasteiger partial charge in [-0.25, -0.2) is 0 Å². The summed E-state index contributed by atoms with van der Waals surface area (Å²) in [4.78, 5) is 5.15. The van der Waals surface area contributed by atoms with Gasteiger partial charge in [-0.2, -0.15) is 0 Å². The minimum Gasteiger partial charge on any atom is -0.381 e. The van der Waals surface area contributed by atoms with Crippen LogP contribution in [0.15, 0.2) is 0 Å². The molecule has 17 heavy (non-hydrogen) atoms. The fourth-order valence-corrected chi connectivity index (χ4v) is 3.18. The summed E-state index contributed by atoms with van der Waals surface area (Å²) in [5, 5.41) is 0. The van der Waals surface area contributed by atoms with Gasteiger partial charge in [-0.1, -0.05) is 6.92 Å². The van der Waals surface area contributed by atoms with Crippen molar-refractivity contribution in [2.75, 3.05) is 52.5 Å². The third kappa shape index (κ3) is 2.99. The molecule has 0 bridgehead atoms. The van der Waals surface area contributed by atoms with Crippen molar-refractivity contribution in [3.8, 4) is 0 Å². The Kier molecular flexibility index (Phi) is 4.79. The Morgan fingerprint density at radius 1 is 1.12 bits per heavy atom. The lowest BCUT2D eigenvalue weighted by Crippen LogP contribution is -2.60. The van der Waals surface area contributed by atoms with Gasteiger partial charge in [0, 0.05) is 51.5 Å². The smallest absolute Gasteiger partial charge is 0.0484 e. The van der Waals surface area contributed by atoms with Crippen molar-refractivity contribution in [3.05, 3.63) is 0 Å². The second-order valence-corrected chi connectivity index (χ2v) is 5.32. The highest BCUT2D eigenvalue weighted by Gasteiger charge is 2.37. The summed E-state index contributed by atoms with van der Waals surface area (Å²) in [6.07, 6.45) is 3.47. The predicted octanol–water partition coefficient (Wildman–Crippen LogP) is 0.522. The number of nitrogens with zero attached hydrogens (tertiary/aromatic N) is 2. The lowest BCUT2D eigenvalue weighted by molar-refractivity contribution is 0.0236. The summed E-state index contributed by atoms with van der Waals surface area (Å²) in [5.74, 6) is 0. The topological polar surface area (TPSA) is 41.7 Å². The molecule has 0 aromatic carbocycles. The molecule has 0 spiro atoms. The van der Waals surface area contributed by atoms with E-state index in [2.05, 4.69) is 16.7 Å². The van der Waals surface area contributed by atoms with E-state index in [-0.39, 0.29) is 5.54 Å². The van der Waals surface area contributed by atoms with Crippen LogP contribution < -0.4 is 5.73 Å². The lowest BCUT2D eigenvalue weighted by atomic mass is 9.88. The van der Waals surface area contributed by atoms with E-state index in [0.717, 1.165) is 32.6 Å². The molecule has 2 N–H and O–H groups in total. The van der Waals surface area contributed by atoms with E-state index in [4.69, 9.17) is 10.5 Å². The SMILES string of the molecule is CCN1CCN(C2(CN)CCCOCC2)CC1. The van der Waals surface area contributed by atoms with Gasteiger partial charge in [0.2, 0.25) is 0 Å². The van der Waals surface area contributed by atoms with Crippen LogP contribution in [0.2, 0.25) is 0 Å². The Hall–Kier alpha value is -0.160. The van der Waals surface area contributed by atoms with Crippen LogP contribution in [-0.4, -0.2) is 67.8 Å². The van der Waals surface area contributed by atoms with Crippen LogP contribution >= 0.6 is 0 Å². The summed E-state index contributed by atoms with van der Waals surface area (Å²) in [6, 6.07) is 0. The Morgan fingerprint density at radius 3 is 2.53 bits per heavy atom. The number of nitrogens with two attached hydrogens (primary N) is 1. The Morgan fingerprint density at radius 2 is 1.88 bits per heavy atom. The third-order valence-electron chi connectivity index (χ3n) is 4.51. The van der Waals surface area contributed by atoms with Crippen molar-refractivity contribution in [1.29, 1.82) is 0 Å². The molecule has 0 aliphatic carbocycles. The van der Waals surface area contributed by atoms with Crippen molar-refractivity contribution >= 4 is 0 Å². The summed E-state index contributed by atoms with van der Waals surface area (Å²) < 4.78 is 5.59. The highest BCUT2D eigenvalue weighted by molar-refractivity contribution is 4.94. The average Bonchev–Trinajstić information content (AvgIpc) is 2.65. The van der Waals surface area contributed by atoms with Crippen molar-refractivity contribution in [2.24, 2.45) is 5.73 Å². The molecule has 2 aliphatic rings. The van der Waals surface area contributed by atoms with Crippen LogP contribution in [-0.2, 0) is 4.74 Å². The second-order valence-electron chi connectivity index (χ2n) is 5.32. The highest BCUT2D eigenvalue weighted by Crippen LogP contribution is 2.28. The zero-order valence-corrected chi connectivity index (χ0v) is 11.2. The first-order chi connectivity index (χ1) is 8.30. The number of hydrogen-bond acceptors (Lipinski definition) is 4. The van der Waals surface area contributed by atoms with Gasteiger partial charge >= 0.3 is 0 Å². The van der Waals surface area contributed by atoms with Gasteiger partial charge in [-0.3, -0.25) is 4.90 Å². The molecule has 2 saturated heterocycles. The van der Waals surface area contributed by atoms with E-state index in [9.17, 15) is 0 Å². The zero-order chi connectivity index (χ0) is 12.1. The van der Waals surface area contributed by atoms with Gasteiger partial charge in [0.25, 0.3) is 0 Å². The van der Waals surface area contributed by atoms with Crippen LogP contribution in [0.3, 0.4) is 0 Å². The van der Waals surface area contributed by atoms with Crippen LogP contribution in [0.5, 0.6) is 0 Å². The van der Waals surface area contributed by atoms with Crippen LogP contribution in [0, 0.1) is 0 Å². The number of rotatable bonds is 3. The standard InChI is InChI=1S/C13H27N3O/c1-2-15-6-8-16(9-7-15)13(12-14)4-3-10-17-11-5-13/h2-12,14H2,1H3. The van der Waals surface area contributed by atoms with Crippen molar-refractivity contribution in [3.63, 3.8) is 0 Å². The van der Waals surface area contributed by atoms with Gasteiger partial charge in [0.05, 0.1) is 0 Å². The second kappa shape index (κ2) is 6.14. The monoisotopic (exact) mass is 241 g/mol. The number of hydrogen-bond donors (Lipinski definition) is 1. The quantitative estimate of drug-likeness (QED) is 0.782. The van der Waals surface area contributed by atoms with Crippen molar-refractivity contribution in [1.82, 2.24) is 9.80 Å². The van der Waals surface area contributed by atoms with Gasteiger partial charge in [0.1, 0.15) is 0 Å². The fraction of sp³-hybridized carbons (Fsp3) is 1.00. The maximum atomic E-state index is 6.09. The molecule has 1 unspecified atom stereocenters. The minimum absolute atomic E-state index is 0.219. The van der Waals surface area contributed by atoms with Gasteiger partial charge in [0.15, 0.2) is 0 Å². The molecule has 0 aromatic heterocycles. The molecule has 4 nitrogen and oxygen atoms in total. The lowest BCUT2D eigenvalue weighted by Gasteiger charge is -2.47. The molecule has 1 atom stereocenters. The molecule has 0 saturated carbocycles. The van der Waals surface area contributed by atoms with Crippen LogP contribution in [0.25, 0.3) is 0 Å². The molecule has 2 fully saturated rings. The summed E-state index contributed by atoms with van der Waals surface area (Å²) in [5.41, 5.74) is 6.31. The maximum Gasteiger partial charge on any atom is 0.0484 e. The summed E-state index contributed by atoms with van der Waals surface area (Å²) in [6.45, 7) is 10.7. The molecule has 2 aliphatic heterocycles. The van der Waals surface area contributed by atoms with Gasteiger partial charge in [-0.05, 0) is 25.8 Å². The maximum absolute atomic E-state index is 6.09. The fourth-order valence-electron chi connectivity index (χ4n) is 3.18. The average molecular weight is 241 g/mol. The molecular weight excluding hydrogens is 214 g/mol. The molecule has 4 heteroatoms. The molecule has 0 aromatic rings. The normalized spacial score (nSPS) is 33.5. The Labute approximate surface area is 105 Å². The van der Waals surface area contributed by atoms with Gasteiger partial charge < -0.3 is 15.4 Å². The largest absolute Gasteiger partial charge is 0.381 e. The first kappa shape index (κ1) is 13.3. The van der Waals surface area contributed by atoms with E-state index in [0.29, 0.717) is 0 Å². The predicted molar refractivity (Wildman–Crippen MR) is 70.1 cm³/mol. The van der Waals surface area contributed by atoms with E-state index < -0.39 is 0 Å². The number of ether oxygens (including phenoxy) is 1. The molecule has 2 rings (SSSR count). The number of piperazine rings is 1. The molecule has 0 radical (unpaired) electrons. The van der Waals surface area contributed by atoms with Crippen LogP contribution in [0.1, 0.15) is 26.2 Å². The molecule has 2 heterocycles. The first-order valence-electron chi connectivity index (χ1n) is 7.06. The third-order valence-corrected chi connectivity index (χ3v) is 4.51. The molecule has 0 amide bonds. The zero-order valence-electron chi connectivity index (χ0n) is 11.2. The van der Waals surface area contributed by atoms with E-state index in [1.807, 2.05) is 0 Å². The molecular formula is C13H27N3O. The van der Waals surface area contributed by atoms with E-state index >= 15 is 0 Å². The van der Waals surface area contributed by atoms with Crippen molar-refractivity contribution in [2.45, 2.75) is 31.7 Å². The summed E-state index contributed by atoms with van der Waals surface area (Å²) >= 11 is 0. The summed E-state index contributed by atoms with van der Waals surface area (Å²) in [7, 11) is 0. The number of likely N-dealkylation sites (N-methyl/N-ethyl adjacent to an activating group) is 1. The van der Waals surface area contributed by atoms with E-state index in [1.165, 1.54) is 39.1 Å². The first-order valence-corrected chi connectivity index (χ1v) is 7.06. The van der Waals surface area contributed by atoms with E-state index in [1.54, 1.807) is 0 Å². The molecule has 100 valence electrons.